The van der Waals surface area contributed by atoms with Gasteiger partial charge in [-0.05, 0) is 77.0 Å². The first-order valence-corrected chi connectivity index (χ1v) is 19.5. The SMILES string of the molecule is CCCCCC=CCC=CCCCCCCCCC(CCCCCCCCC=CCC=CCCCCC)OCC[N+](C)(C)C. The Hall–Kier alpha value is -1.12. The Balaban J connectivity index is 3.86. The number of quaternary nitrogens is 1. The molecule has 0 aliphatic carbocycles. The van der Waals surface area contributed by atoms with Gasteiger partial charge in [0.1, 0.15) is 6.54 Å². The molecule has 0 rings (SSSR count). The molecule has 258 valence electrons. The normalized spacial score (nSPS) is 13.5. The van der Waals surface area contributed by atoms with E-state index < -0.39 is 0 Å². The van der Waals surface area contributed by atoms with E-state index >= 15 is 0 Å². The van der Waals surface area contributed by atoms with Crippen molar-refractivity contribution in [3.63, 3.8) is 0 Å². The molecule has 0 atom stereocenters. The number of allylic oxidation sites excluding steroid dienone is 8. The maximum Gasteiger partial charge on any atom is 0.102 e. The molecule has 0 aliphatic heterocycles. The van der Waals surface area contributed by atoms with Crippen molar-refractivity contribution in [2.75, 3.05) is 34.3 Å². The molecule has 0 unspecified atom stereocenters. The van der Waals surface area contributed by atoms with Crippen LogP contribution < -0.4 is 0 Å². The summed E-state index contributed by atoms with van der Waals surface area (Å²) in [6, 6.07) is 0. The molecule has 0 radical (unpaired) electrons. The van der Waals surface area contributed by atoms with Gasteiger partial charge in [-0.3, -0.25) is 0 Å². The number of rotatable bonds is 34. The Labute approximate surface area is 278 Å². The number of unbranched alkanes of at least 4 members (excludes halogenated alkanes) is 18. The van der Waals surface area contributed by atoms with E-state index in [-0.39, 0.29) is 0 Å². The Morgan fingerprint density at radius 3 is 1.14 bits per heavy atom. The van der Waals surface area contributed by atoms with E-state index in [0.29, 0.717) is 6.10 Å². The van der Waals surface area contributed by atoms with Crippen LogP contribution in [0.15, 0.2) is 48.6 Å². The molecule has 0 saturated carbocycles. The molecule has 0 spiro atoms. The lowest BCUT2D eigenvalue weighted by atomic mass is 10.0. The molecular formula is C42H80NO+. The zero-order chi connectivity index (χ0) is 32.2. The first-order valence-electron chi connectivity index (χ1n) is 19.5. The van der Waals surface area contributed by atoms with Crippen molar-refractivity contribution in [3.05, 3.63) is 48.6 Å². The summed E-state index contributed by atoms with van der Waals surface area (Å²) in [6.45, 7) is 6.54. The highest BCUT2D eigenvalue weighted by Gasteiger charge is 2.12. The van der Waals surface area contributed by atoms with E-state index in [1.165, 1.54) is 154 Å². The summed E-state index contributed by atoms with van der Waals surface area (Å²) < 4.78 is 7.41. The Bertz CT molecular complexity index is 620. The number of hydrogen-bond acceptors (Lipinski definition) is 1. The van der Waals surface area contributed by atoms with E-state index in [1.54, 1.807) is 0 Å². The van der Waals surface area contributed by atoms with Gasteiger partial charge >= 0.3 is 0 Å². The summed E-state index contributed by atoms with van der Waals surface area (Å²) in [5.74, 6) is 0. The van der Waals surface area contributed by atoms with Crippen molar-refractivity contribution in [3.8, 4) is 0 Å². The summed E-state index contributed by atoms with van der Waals surface area (Å²) in [4.78, 5) is 0. The van der Waals surface area contributed by atoms with Crippen molar-refractivity contribution in [1.82, 2.24) is 0 Å². The molecule has 0 N–H and O–H groups in total. The highest BCUT2D eigenvalue weighted by molar-refractivity contribution is 4.93. The highest BCUT2D eigenvalue weighted by Crippen LogP contribution is 2.17. The van der Waals surface area contributed by atoms with Gasteiger partial charge in [0.15, 0.2) is 0 Å². The fourth-order valence-corrected chi connectivity index (χ4v) is 5.52. The van der Waals surface area contributed by atoms with Crippen LogP contribution >= 0.6 is 0 Å². The van der Waals surface area contributed by atoms with E-state index in [0.717, 1.165) is 30.5 Å². The lowest BCUT2D eigenvalue weighted by Gasteiger charge is -2.25. The minimum absolute atomic E-state index is 0.471. The van der Waals surface area contributed by atoms with Gasteiger partial charge in [0, 0.05) is 0 Å². The lowest BCUT2D eigenvalue weighted by Crippen LogP contribution is -2.38. The highest BCUT2D eigenvalue weighted by atomic mass is 16.5. The fourth-order valence-electron chi connectivity index (χ4n) is 5.52. The van der Waals surface area contributed by atoms with E-state index in [4.69, 9.17) is 4.74 Å². The van der Waals surface area contributed by atoms with Gasteiger partial charge in [-0.2, -0.15) is 0 Å². The molecule has 0 bridgehead atoms. The second kappa shape index (κ2) is 34.7. The van der Waals surface area contributed by atoms with E-state index in [1.807, 2.05) is 0 Å². The zero-order valence-electron chi connectivity index (χ0n) is 30.9. The smallest absolute Gasteiger partial charge is 0.102 e. The molecule has 2 nitrogen and oxygen atoms in total. The van der Waals surface area contributed by atoms with Crippen molar-refractivity contribution in [2.24, 2.45) is 0 Å². The molecule has 0 aliphatic rings. The monoisotopic (exact) mass is 615 g/mol. The minimum atomic E-state index is 0.471. The third kappa shape index (κ3) is 37.1. The van der Waals surface area contributed by atoms with Crippen molar-refractivity contribution < 1.29 is 9.22 Å². The van der Waals surface area contributed by atoms with Crippen LogP contribution in [0.1, 0.15) is 181 Å². The van der Waals surface area contributed by atoms with Crippen LogP contribution in [-0.4, -0.2) is 44.9 Å². The Morgan fingerprint density at radius 1 is 0.432 bits per heavy atom. The molecule has 0 heterocycles. The van der Waals surface area contributed by atoms with Gasteiger partial charge in [0.25, 0.3) is 0 Å². The zero-order valence-corrected chi connectivity index (χ0v) is 30.9. The predicted octanol–water partition coefficient (Wildman–Crippen LogP) is 13.5. The summed E-state index contributed by atoms with van der Waals surface area (Å²) >= 11 is 0. The van der Waals surface area contributed by atoms with Gasteiger partial charge in [0.2, 0.25) is 0 Å². The number of hydrogen-bond donors (Lipinski definition) is 0. The van der Waals surface area contributed by atoms with Crippen LogP contribution in [0.25, 0.3) is 0 Å². The van der Waals surface area contributed by atoms with Crippen LogP contribution in [0.5, 0.6) is 0 Å². The summed E-state index contributed by atoms with van der Waals surface area (Å²) in [6.07, 6.45) is 53.6. The standard InChI is InChI=1S/C42H80NO/c1-6-8-10-12-14-16-18-20-22-24-26-28-30-32-34-36-38-42(44-41-40-43(3,4)5)39-37-35-33-31-29-27-25-23-21-19-17-15-13-11-9-7-2/h14-17,20-23,42H,6-13,18-19,24-41H2,1-5H3/q+1. The fraction of sp³-hybridized carbons (Fsp3) is 0.810. The second-order valence-corrected chi connectivity index (χ2v) is 14.3. The molecular weight excluding hydrogens is 534 g/mol. The van der Waals surface area contributed by atoms with Gasteiger partial charge < -0.3 is 9.22 Å². The molecule has 44 heavy (non-hydrogen) atoms. The Kier molecular flexibility index (Phi) is 33.9. The Morgan fingerprint density at radius 2 is 0.773 bits per heavy atom. The minimum Gasteiger partial charge on any atom is -0.372 e. The summed E-state index contributed by atoms with van der Waals surface area (Å²) in [5.41, 5.74) is 0. The summed E-state index contributed by atoms with van der Waals surface area (Å²) in [5, 5.41) is 0. The predicted molar refractivity (Wildman–Crippen MR) is 201 cm³/mol. The molecule has 0 aromatic carbocycles. The first-order chi connectivity index (χ1) is 21.5. The maximum absolute atomic E-state index is 6.43. The number of likely N-dealkylation sites (N-methyl/N-ethyl adjacent to an activating group) is 1. The largest absolute Gasteiger partial charge is 0.372 e. The molecule has 0 aromatic heterocycles. The topological polar surface area (TPSA) is 9.23 Å². The van der Waals surface area contributed by atoms with Crippen LogP contribution in [0, 0.1) is 0 Å². The average Bonchev–Trinajstić information content (AvgIpc) is 2.99. The maximum atomic E-state index is 6.43. The van der Waals surface area contributed by atoms with Crippen LogP contribution in [0.4, 0.5) is 0 Å². The van der Waals surface area contributed by atoms with Crippen molar-refractivity contribution >= 4 is 0 Å². The third-order valence-electron chi connectivity index (χ3n) is 8.57. The number of nitrogens with zero attached hydrogens (tertiary/aromatic N) is 1. The van der Waals surface area contributed by atoms with Gasteiger partial charge in [-0.25, -0.2) is 0 Å². The van der Waals surface area contributed by atoms with Crippen LogP contribution in [0.2, 0.25) is 0 Å². The quantitative estimate of drug-likeness (QED) is 0.0398. The molecule has 0 fully saturated rings. The average molecular weight is 615 g/mol. The first kappa shape index (κ1) is 42.9. The molecule has 0 saturated heterocycles. The lowest BCUT2D eigenvalue weighted by molar-refractivity contribution is -0.870. The van der Waals surface area contributed by atoms with E-state index in [2.05, 4.69) is 83.6 Å². The second-order valence-electron chi connectivity index (χ2n) is 14.3. The van der Waals surface area contributed by atoms with Crippen LogP contribution in [0.3, 0.4) is 0 Å². The van der Waals surface area contributed by atoms with Crippen LogP contribution in [-0.2, 0) is 4.74 Å². The van der Waals surface area contributed by atoms with Gasteiger partial charge in [-0.15, -0.1) is 0 Å². The van der Waals surface area contributed by atoms with E-state index in [9.17, 15) is 0 Å². The number of ether oxygens (including phenoxy) is 1. The van der Waals surface area contributed by atoms with Crippen molar-refractivity contribution in [2.45, 2.75) is 187 Å². The van der Waals surface area contributed by atoms with Gasteiger partial charge in [0.05, 0.1) is 33.9 Å². The third-order valence-corrected chi connectivity index (χ3v) is 8.57. The van der Waals surface area contributed by atoms with Crippen molar-refractivity contribution in [1.29, 1.82) is 0 Å². The summed E-state index contributed by atoms with van der Waals surface area (Å²) in [7, 11) is 6.80. The molecule has 0 aromatic rings. The van der Waals surface area contributed by atoms with Gasteiger partial charge in [-0.1, -0.05) is 152 Å². The molecule has 2 heteroatoms. The molecule has 0 amide bonds.